The van der Waals surface area contributed by atoms with E-state index in [0.717, 1.165) is 17.9 Å². The Morgan fingerprint density at radius 1 is 1.48 bits per heavy atom. The molecule has 6 heteroatoms. The second-order valence-electron chi connectivity index (χ2n) is 6.25. The lowest BCUT2D eigenvalue weighted by Crippen LogP contribution is -2.43. The van der Waals surface area contributed by atoms with Gasteiger partial charge in [0.05, 0.1) is 5.60 Å². The third-order valence-electron chi connectivity index (χ3n) is 4.54. The lowest BCUT2D eigenvalue weighted by Gasteiger charge is -2.21. The molecule has 3 rings (SSSR count). The van der Waals surface area contributed by atoms with Gasteiger partial charge >= 0.3 is 0 Å². The van der Waals surface area contributed by atoms with E-state index in [1.165, 1.54) is 32.1 Å². The number of aliphatic hydroxyl groups is 1. The average Bonchev–Trinajstić information content (AvgIpc) is 3.16. The van der Waals surface area contributed by atoms with Gasteiger partial charge in [-0.2, -0.15) is 16.9 Å². The van der Waals surface area contributed by atoms with Crippen LogP contribution in [0, 0.1) is 0 Å². The average molecular weight is 309 g/mol. The van der Waals surface area contributed by atoms with Crippen LogP contribution in [0.25, 0.3) is 0 Å². The summed E-state index contributed by atoms with van der Waals surface area (Å²) in [7, 11) is 0. The number of H-pyrrole nitrogens is 1. The van der Waals surface area contributed by atoms with Gasteiger partial charge in [-0.05, 0) is 31.1 Å². The number of carbonyl (C=O) groups is 1. The zero-order chi connectivity index (χ0) is 14.7. The summed E-state index contributed by atoms with van der Waals surface area (Å²) in [6, 6.07) is 1.87. The van der Waals surface area contributed by atoms with E-state index in [9.17, 15) is 9.90 Å². The molecule has 1 aliphatic carbocycles. The normalized spacial score (nSPS) is 26.9. The largest absolute Gasteiger partial charge is 0.387 e. The lowest BCUT2D eigenvalue weighted by atomic mass is 9.87. The van der Waals surface area contributed by atoms with E-state index in [2.05, 4.69) is 15.5 Å². The number of nitrogens with zero attached hydrogens (tertiary/aromatic N) is 1. The van der Waals surface area contributed by atoms with Crippen molar-refractivity contribution < 1.29 is 9.90 Å². The number of amides is 1. The number of thioether (sulfide) groups is 1. The maximum absolute atomic E-state index is 12.1. The minimum absolute atomic E-state index is 0.196. The molecule has 1 saturated heterocycles. The minimum atomic E-state index is -0.747. The van der Waals surface area contributed by atoms with Crippen LogP contribution in [-0.2, 0) is 0 Å². The van der Waals surface area contributed by atoms with Gasteiger partial charge in [0.15, 0.2) is 0 Å². The van der Waals surface area contributed by atoms with Crippen LogP contribution in [0.3, 0.4) is 0 Å². The van der Waals surface area contributed by atoms with Gasteiger partial charge in [0.1, 0.15) is 5.69 Å². The predicted octanol–water partition coefficient (Wildman–Crippen LogP) is 2.06. The number of hydrogen-bond donors (Lipinski definition) is 3. The third-order valence-corrected chi connectivity index (χ3v) is 5.77. The van der Waals surface area contributed by atoms with Gasteiger partial charge in [0, 0.05) is 23.9 Å². The highest BCUT2D eigenvalue weighted by atomic mass is 32.2. The predicted molar refractivity (Wildman–Crippen MR) is 83.6 cm³/mol. The van der Waals surface area contributed by atoms with Gasteiger partial charge in [-0.1, -0.05) is 19.3 Å². The second-order valence-corrected chi connectivity index (χ2v) is 7.36. The molecule has 1 aromatic heterocycles. The molecule has 1 aliphatic heterocycles. The number of rotatable bonds is 4. The Labute approximate surface area is 129 Å². The highest BCUT2D eigenvalue weighted by Gasteiger charge is 2.32. The van der Waals surface area contributed by atoms with Crippen molar-refractivity contribution >= 4 is 17.7 Å². The van der Waals surface area contributed by atoms with E-state index in [4.69, 9.17) is 0 Å². The fourth-order valence-electron chi connectivity index (χ4n) is 3.15. The Kier molecular flexibility index (Phi) is 4.54. The highest BCUT2D eigenvalue weighted by molar-refractivity contribution is 7.99. The molecule has 0 radical (unpaired) electrons. The van der Waals surface area contributed by atoms with Crippen molar-refractivity contribution in [3.8, 4) is 0 Å². The summed E-state index contributed by atoms with van der Waals surface area (Å²) >= 11 is 1.73. The number of aromatic nitrogens is 2. The molecule has 5 nitrogen and oxygen atoms in total. The van der Waals surface area contributed by atoms with Crippen molar-refractivity contribution in [2.24, 2.45) is 0 Å². The molecule has 0 spiro atoms. The summed E-state index contributed by atoms with van der Waals surface area (Å²) in [4.78, 5) is 12.1. The molecule has 1 amide bonds. The van der Waals surface area contributed by atoms with Crippen LogP contribution >= 0.6 is 11.8 Å². The molecule has 2 aliphatic rings. The first kappa shape index (κ1) is 14.9. The van der Waals surface area contributed by atoms with Crippen molar-refractivity contribution in [3.05, 3.63) is 17.5 Å². The Balaban J connectivity index is 1.56. The summed E-state index contributed by atoms with van der Waals surface area (Å²) in [6.07, 6.45) is 6.94. The topological polar surface area (TPSA) is 78.0 Å². The smallest absolute Gasteiger partial charge is 0.271 e. The van der Waals surface area contributed by atoms with E-state index in [1.807, 2.05) is 6.07 Å². The Hall–Kier alpha value is -1.01. The molecule has 1 saturated carbocycles. The van der Waals surface area contributed by atoms with Gasteiger partial charge < -0.3 is 10.4 Å². The van der Waals surface area contributed by atoms with E-state index < -0.39 is 5.60 Å². The molecule has 21 heavy (non-hydrogen) atoms. The minimum Gasteiger partial charge on any atom is -0.387 e. The number of aromatic amines is 1. The summed E-state index contributed by atoms with van der Waals surface area (Å²) in [5.41, 5.74) is 0.767. The van der Waals surface area contributed by atoms with Crippen LogP contribution in [-0.4, -0.2) is 44.9 Å². The van der Waals surface area contributed by atoms with Gasteiger partial charge in [-0.25, -0.2) is 0 Å². The molecule has 0 bridgehead atoms. The maximum atomic E-state index is 12.1. The van der Waals surface area contributed by atoms with E-state index in [0.29, 0.717) is 23.9 Å². The zero-order valence-electron chi connectivity index (χ0n) is 12.2. The summed E-state index contributed by atoms with van der Waals surface area (Å²) in [5.74, 6) is 1.98. The molecule has 1 unspecified atom stereocenters. The fraction of sp³-hybridized carbons (Fsp3) is 0.733. The molecule has 2 fully saturated rings. The van der Waals surface area contributed by atoms with Crippen LogP contribution in [0.1, 0.15) is 60.6 Å². The van der Waals surface area contributed by atoms with Crippen LogP contribution in [0.15, 0.2) is 6.07 Å². The van der Waals surface area contributed by atoms with Crippen molar-refractivity contribution in [3.63, 3.8) is 0 Å². The number of nitrogens with one attached hydrogen (secondary N) is 2. The monoisotopic (exact) mass is 309 g/mol. The fourth-order valence-corrected chi connectivity index (χ4v) is 4.44. The number of carbonyl (C=O) groups excluding carboxylic acids is 1. The maximum Gasteiger partial charge on any atom is 0.271 e. The van der Waals surface area contributed by atoms with E-state index in [-0.39, 0.29) is 5.91 Å². The van der Waals surface area contributed by atoms with Crippen molar-refractivity contribution in [1.29, 1.82) is 0 Å². The Morgan fingerprint density at radius 3 is 3.00 bits per heavy atom. The first-order valence-electron chi connectivity index (χ1n) is 7.80. The molecule has 1 aromatic rings. The van der Waals surface area contributed by atoms with Gasteiger partial charge in [0.25, 0.3) is 5.91 Å². The third kappa shape index (κ3) is 3.61. The van der Waals surface area contributed by atoms with E-state index in [1.54, 1.807) is 11.8 Å². The van der Waals surface area contributed by atoms with Crippen molar-refractivity contribution in [2.45, 2.75) is 50.0 Å². The molecule has 0 aromatic carbocycles. The van der Waals surface area contributed by atoms with Crippen molar-refractivity contribution in [2.75, 3.05) is 18.1 Å². The Bertz CT molecular complexity index is 491. The molecule has 116 valence electrons. The zero-order valence-corrected chi connectivity index (χ0v) is 13.0. The quantitative estimate of drug-likeness (QED) is 0.795. The van der Waals surface area contributed by atoms with Crippen LogP contribution in [0.2, 0.25) is 0 Å². The molecule has 2 heterocycles. The summed E-state index contributed by atoms with van der Waals surface area (Å²) in [5, 5.41) is 20.2. The Morgan fingerprint density at radius 2 is 2.29 bits per heavy atom. The highest BCUT2D eigenvalue weighted by Crippen LogP contribution is 2.31. The SMILES string of the molecule is O=C(NCC1(O)CCSC1)c1cc(C2CCCCC2)[nH]n1. The molecular formula is C15H23N3O2S. The molecule has 3 N–H and O–H groups in total. The summed E-state index contributed by atoms with van der Waals surface area (Å²) in [6.45, 7) is 0.310. The molecule has 1 atom stereocenters. The van der Waals surface area contributed by atoms with Crippen LogP contribution < -0.4 is 5.32 Å². The van der Waals surface area contributed by atoms with Gasteiger partial charge in [-0.15, -0.1) is 0 Å². The van der Waals surface area contributed by atoms with Gasteiger partial charge in [0.2, 0.25) is 0 Å². The standard InChI is InChI=1S/C15H23N3O2S/c19-14(16-9-15(20)6-7-21-10-15)13-8-12(17-18-13)11-4-2-1-3-5-11/h8,11,20H,1-7,9-10H2,(H,16,19)(H,17,18). The molecular weight excluding hydrogens is 286 g/mol. The van der Waals surface area contributed by atoms with Gasteiger partial charge in [-0.3, -0.25) is 9.89 Å². The van der Waals surface area contributed by atoms with Crippen molar-refractivity contribution in [1.82, 2.24) is 15.5 Å². The van der Waals surface area contributed by atoms with Crippen LogP contribution in [0.5, 0.6) is 0 Å². The van der Waals surface area contributed by atoms with Crippen LogP contribution in [0.4, 0.5) is 0 Å². The number of hydrogen-bond acceptors (Lipinski definition) is 4. The second kappa shape index (κ2) is 6.40. The van der Waals surface area contributed by atoms with E-state index >= 15 is 0 Å². The lowest BCUT2D eigenvalue weighted by molar-refractivity contribution is 0.0611. The first-order valence-corrected chi connectivity index (χ1v) is 8.95. The summed E-state index contributed by atoms with van der Waals surface area (Å²) < 4.78 is 0. The first-order chi connectivity index (χ1) is 10.2.